The minimum Gasteiger partial charge on any atom is -0.459 e. The number of carbonyl (C=O) groups excluding carboxylic acids is 1. The molecule has 7 heteroatoms. The van der Waals surface area contributed by atoms with Gasteiger partial charge in [-0.05, 0) is 32.4 Å². The molecule has 1 rings (SSSR count). The normalized spacial score (nSPS) is 12.7. The zero-order chi connectivity index (χ0) is 16.4. The summed E-state index contributed by atoms with van der Waals surface area (Å²) in [5.74, 6) is -9.55. The molecule has 0 spiro atoms. The first-order valence-electron chi connectivity index (χ1n) is 6.01. The summed E-state index contributed by atoms with van der Waals surface area (Å²) in [7, 11) is 0. The highest BCUT2D eigenvalue weighted by molar-refractivity contribution is 5.76. The van der Waals surface area contributed by atoms with Gasteiger partial charge in [0.05, 0.1) is 6.07 Å². The molecule has 1 unspecified atom stereocenters. The van der Waals surface area contributed by atoms with Crippen LogP contribution in [0.25, 0.3) is 0 Å². The van der Waals surface area contributed by atoms with Crippen LogP contribution < -0.4 is 0 Å². The molecule has 0 aromatic heterocycles. The predicted molar refractivity (Wildman–Crippen MR) is 64.9 cm³/mol. The lowest BCUT2D eigenvalue weighted by Gasteiger charge is -2.21. The highest BCUT2D eigenvalue weighted by Crippen LogP contribution is 2.22. The Bertz CT molecular complexity index is 602. The molecule has 0 aliphatic carbocycles. The van der Waals surface area contributed by atoms with Gasteiger partial charge < -0.3 is 4.74 Å². The molecular formula is C14H13F4NO2. The number of rotatable bonds is 3. The summed E-state index contributed by atoms with van der Waals surface area (Å²) >= 11 is 0. The summed E-state index contributed by atoms with van der Waals surface area (Å²) in [6, 6.07) is 1.99. The highest BCUT2D eigenvalue weighted by atomic mass is 19.2. The summed E-state index contributed by atoms with van der Waals surface area (Å²) in [6.45, 7) is 4.70. The fourth-order valence-electron chi connectivity index (χ4n) is 1.54. The van der Waals surface area contributed by atoms with Crippen LogP contribution in [0.4, 0.5) is 17.6 Å². The molecule has 1 atom stereocenters. The average molecular weight is 303 g/mol. The number of esters is 1. The smallest absolute Gasteiger partial charge is 0.324 e. The van der Waals surface area contributed by atoms with Crippen molar-refractivity contribution in [1.82, 2.24) is 0 Å². The molecule has 0 bridgehead atoms. The average Bonchev–Trinajstić information content (AvgIpc) is 2.36. The van der Waals surface area contributed by atoms with Crippen LogP contribution in [-0.2, 0) is 16.0 Å². The van der Waals surface area contributed by atoms with E-state index in [-0.39, 0.29) is 0 Å². The molecule has 0 amide bonds. The zero-order valence-electron chi connectivity index (χ0n) is 11.6. The van der Waals surface area contributed by atoms with E-state index in [0.29, 0.717) is 6.07 Å². The molecule has 0 saturated carbocycles. The molecule has 21 heavy (non-hydrogen) atoms. The largest absolute Gasteiger partial charge is 0.459 e. The quantitative estimate of drug-likeness (QED) is 0.373. The first-order chi connectivity index (χ1) is 9.56. The molecule has 0 fully saturated rings. The molecule has 1 aromatic carbocycles. The Morgan fingerprint density at radius 2 is 1.81 bits per heavy atom. The van der Waals surface area contributed by atoms with Crippen molar-refractivity contribution in [1.29, 1.82) is 5.26 Å². The number of halogens is 4. The Labute approximate surface area is 119 Å². The third kappa shape index (κ3) is 4.18. The van der Waals surface area contributed by atoms with E-state index < -0.39 is 52.7 Å². The molecule has 3 nitrogen and oxygen atoms in total. The fourth-order valence-corrected chi connectivity index (χ4v) is 1.54. The third-order valence-electron chi connectivity index (χ3n) is 2.45. The van der Waals surface area contributed by atoms with Crippen molar-refractivity contribution in [2.75, 3.05) is 0 Å². The third-order valence-corrected chi connectivity index (χ3v) is 2.45. The molecule has 0 N–H and O–H groups in total. The van der Waals surface area contributed by atoms with Crippen molar-refractivity contribution < 1.29 is 27.1 Å². The zero-order valence-corrected chi connectivity index (χ0v) is 11.6. The van der Waals surface area contributed by atoms with E-state index >= 15 is 0 Å². The summed E-state index contributed by atoms with van der Waals surface area (Å²) in [6.07, 6.45) is -0.620. The molecule has 0 heterocycles. The van der Waals surface area contributed by atoms with Gasteiger partial charge in [0.15, 0.2) is 23.3 Å². The van der Waals surface area contributed by atoms with E-state index in [2.05, 4.69) is 0 Å². The molecule has 0 saturated heterocycles. The first kappa shape index (κ1) is 17.0. The van der Waals surface area contributed by atoms with Gasteiger partial charge in [0.1, 0.15) is 11.5 Å². The van der Waals surface area contributed by atoms with Crippen molar-refractivity contribution in [2.24, 2.45) is 5.92 Å². The maximum absolute atomic E-state index is 13.5. The van der Waals surface area contributed by atoms with E-state index in [4.69, 9.17) is 10.00 Å². The Balaban J connectivity index is 3.04. The number of benzene rings is 1. The van der Waals surface area contributed by atoms with Crippen molar-refractivity contribution in [2.45, 2.75) is 32.8 Å². The van der Waals surface area contributed by atoms with Crippen LogP contribution in [0.5, 0.6) is 0 Å². The molecule has 1 aromatic rings. The maximum atomic E-state index is 13.5. The monoisotopic (exact) mass is 303 g/mol. The fraction of sp³-hybridized carbons (Fsp3) is 0.429. The summed E-state index contributed by atoms with van der Waals surface area (Å²) < 4.78 is 57.4. The van der Waals surface area contributed by atoms with Gasteiger partial charge in [-0.2, -0.15) is 5.26 Å². The first-order valence-corrected chi connectivity index (χ1v) is 6.01. The molecule has 0 radical (unpaired) electrons. The van der Waals surface area contributed by atoms with Gasteiger partial charge in [-0.1, -0.05) is 0 Å². The molecule has 0 aliphatic heterocycles. The number of nitrogens with zero attached hydrogens (tertiary/aromatic N) is 1. The number of carbonyl (C=O) groups is 1. The Morgan fingerprint density at radius 1 is 1.24 bits per heavy atom. The van der Waals surface area contributed by atoms with E-state index in [1.165, 1.54) is 0 Å². The van der Waals surface area contributed by atoms with Gasteiger partial charge >= 0.3 is 5.97 Å². The van der Waals surface area contributed by atoms with Gasteiger partial charge in [0.2, 0.25) is 0 Å². The summed E-state index contributed by atoms with van der Waals surface area (Å²) in [5.41, 5.74) is -1.48. The maximum Gasteiger partial charge on any atom is 0.324 e. The standard InChI is InChI=1S/C14H13F4NO2/c1-14(2,3)21-13(20)8(6-19)4-7-5-9(15)11(17)12(18)10(7)16/h5,8H,4H2,1-3H3. The van der Waals surface area contributed by atoms with Gasteiger partial charge in [0.25, 0.3) is 0 Å². The SMILES string of the molecule is CC(C)(C)OC(=O)C(C#N)Cc1cc(F)c(F)c(F)c1F. The van der Waals surface area contributed by atoms with E-state index in [0.717, 1.165) is 0 Å². The van der Waals surface area contributed by atoms with Crippen LogP contribution in [-0.4, -0.2) is 11.6 Å². The second-order valence-corrected chi connectivity index (χ2v) is 5.38. The predicted octanol–water partition coefficient (Wildman–Crippen LogP) is 3.27. The van der Waals surface area contributed by atoms with Crippen LogP contribution in [0.3, 0.4) is 0 Å². The number of hydrogen-bond donors (Lipinski definition) is 0. The molecule has 0 aliphatic rings. The second kappa shape index (κ2) is 6.12. The summed E-state index contributed by atoms with van der Waals surface area (Å²) in [5, 5.41) is 8.90. The van der Waals surface area contributed by atoms with Gasteiger partial charge in [-0.25, -0.2) is 17.6 Å². The minimum atomic E-state index is -1.98. The van der Waals surface area contributed by atoms with Crippen LogP contribution >= 0.6 is 0 Å². The topological polar surface area (TPSA) is 50.1 Å². The highest BCUT2D eigenvalue weighted by Gasteiger charge is 2.28. The lowest BCUT2D eigenvalue weighted by Crippen LogP contribution is -2.29. The number of ether oxygens (including phenoxy) is 1. The minimum absolute atomic E-state index is 0.419. The van der Waals surface area contributed by atoms with E-state index in [1.54, 1.807) is 26.8 Å². The second-order valence-electron chi connectivity index (χ2n) is 5.38. The number of nitriles is 1. The lowest BCUT2D eigenvalue weighted by molar-refractivity contribution is -0.157. The van der Waals surface area contributed by atoms with Crippen LogP contribution in [0.1, 0.15) is 26.3 Å². The van der Waals surface area contributed by atoms with Gasteiger partial charge in [-0.15, -0.1) is 0 Å². The van der Waals surface area contributed by atoms with Crippen LogP contribution in [0, 0.1) is 40.5 Å². The molecule has 114 valence electrons. The van der Waals surface area contributed by atoms with Crippen molar-refractivity contribution in [3.63, 3.8) is 0 Å². The molecular weight excluding hydrogens is 290 g/mol. The summed E-state index contributed by atoms with van der Waals surface area (Å²) in [4.78, 5) is 11.7. The Kier molecular flexibility index (Phi) is 4.94. The van der Waals surface area contributed by atoms with Crippen molar-refractivity contribution >= 4 is 5.97 Å². The van der Waals surface area contributed by atoms with Gasteiger partial charge in [-0.3, -0.25) is 4.79 Å². The van der Waals surface area contributed by atoms with Crippen LogP contribution in [0.15, 0.2) is 6.07 Å². The van der Waals surface area contributed by atoms with E-state index in [1.807, 2.05) is 0 Å². The van der Waals surface area contributed by atoms with Crippen molar-refractivity contribution in [3.8, 4) is 6.07 Å². The van der Waals surface area contributed by atoms with Gasteiger partial charge in [0, 0.05) is 6.42 Å². The van der Waals surface area contributed by atoms with Crippen LogP contribution in [0.2, 0.25) is 0 Å². The lowest BCUT2D eigenvalue weighted by atomic mass is 9.99. The number of hydrogen-bond acceptors (Lipinski definition) is 3. The van der Waals surface area contributed by atoms with E-state index in [9.17, 15) is 22.4 Å². The Morgan fingerprint density at radius 3 is 2.29 bits per heavy atom. The Hall–Kier alpha value is -2.10. The van der Waals surface area contributed by atoms with Crippen molar-refractivity contribution in [3.05, 3.63) is 34.9 Å².